The molecule has 0 heterocycles. The maximum absolute atomic E-state index is 3.38. The molecule has 2 aromatic carbocycles. The predicted molar refractivity (Wildman–Crippen MR) is 81.3 cm³/mol. The van der Waals surface area contributed by atoms with Gasteiger partial charge in [-0.2, -0.15) is 0 Å². The minimum atomic E-state index is 0.954. The van der Waals surface area contributed by atoms with Crippen LogP contribution in [0, 0.1) is 0 Å². The molecule has 0 radical (unpaired) electrons. The van der Waals surface area contributed by atoms with E-state index in [1.165, 1.54) is 36.0 Å². The zero-order valence-electron chi connectivity index (χ0n) is 11.6. The summed E-state index contributed by atoms with van der Waals surface area (Å²) in [5.41, 5.74) is 7.16. The van der Waals surface area contributed by atoms with Crippen LogP contribution in [0.3, 0.4) is 0 Å². The fourth-order valence-electron chi connectivity index (χ4n) is 2.88. The number of fused-ring (bicyclic) bond motifs is 1. The van der Waals surface area contributed by atoms with Crippen molar-refractivity contribution in [2.24, 2.45) is 0 Å². The van der Waals surface area contributed by atoms with E-state index in [1.54, 1.807) is 11.1 Å². The number of benzene rings is 2. The number of nitrogens with one attached hydrogen (secondary N) is 1. The highest BCUT2D eigenvalue weighted by molar-refractivity contribution is 5.66. The number of hydrogen-bond donors (Lipinski definition) is 1. The molecule has 1 aliphatic carbocycles. The van der Waals surface area contributed by atoms with E-state index in [9.17, 15) is 0 Å². The maximum atomic E-state index is 3.38. The molecule has 0 unspecified atom stereocenters. The van der Waals surface area contributed by atoms with Crippen LogP contribution in [0.1, 0.15) is 30.0 Å². The van der Waals surface area contributed by atoms with E-state index in [0.29, 0.717) is 0 Å². The van der Waals surface area contributed by atoms with Gasteiger partial charge in [-0.3, -0.25) is 0 Å². The Morgan fingerprint density at radius 3 is 2.68 bits per heavy atom. The molecule has 0 saturated heterocycles. The lowest BCUT2D eigenvalue weighted by atomic mass is 9.99. The first kappa shape index (κ1) is 12.4. The third-order valence-corrected chi connectivity index (χ3v) is 3.94. The molecule has 1 N–H and O–H groups in total. The zero-order valence-corrected chi connectivity index (χ0v) is 11.6. The summed E-state index contributed by atoms with van der Waals surface area (Å²) in [5.74, 6) is 0. The van der Waals surface area contributed by atoms with Gasteiger partial charge in [0, 0.05) is 6.54 Å². The Bertz CT molecular complexity index is 572. The summed E-state index contributed by atoms with van der Waals surface area (Å²) in [6, 6.07) is 15.8. The number of aryl methyl sites for hydroxylation is 2. The summed E-state index contributed by atoms with van der Waals surface area (Å²) in [5, 5.41) is 3.38. The van der Waals surface area contributed by atoms with Crippen LogP contribution >= 0.6 is 0 Å². The third kappa shape index (κ3) is 2.71. The Labute approximate surface area is 115 Å². The molecule has 3 rings (SSSR count). The predicted octanol–water partition coefficient (Wildman–Crippen LogP) is 3.95. The summed E-state index contributed by atoms with van der Waals surface area (Å²) in [6.45, 7) is 4.11. The van der Waals surface area contributed by atoms with Crippen LogP contribution in [0.4, 0.5) is 0 Å². The highest BCUT2D eigenvalue weighted by Gasteiger charge is 2.11. The molecule has 0 saturated carbocycles. The van der Waals surface area contributed by atoms with Crippen molar-refractivity contribution in [2.75, 3.05) is 6.54 Å². The van der Waals surface area contributed by atoms with E-state index in [1.807, 2.05) is 0 Å². The first-order chi connectivity index (χ1) is 9.36. The molecule has 0 atom stereocenters. The van der Waals surface area contributed by atoms with E-state index in [4.69, 9.17) is 0 Å². The molecule has 0 aromatic heterocycles. The SMILES string of the molecule is CCNCc1cccc(-c2ccc3c(c2)CCC3)c1. The number of rotatable bonds is 4. The quantitative estimate of drug-likeness (QED) is 0.867. The average Bonchev–Trinajstić information content (AvgIpc) is 2.92. The number of hydrogen-bond acceptors (Lipinski definition) is 1. The summed E-state index contributed by atoms with van der Waals surface area (Å²) < 4.78 is 0. The van der Waals surface area contributed by atoms with E-state index in [-0.39, 0.29) is 0 Å². The Hall–Kier alpha value is -1.60. The van der Waals surface area contributed by atoms with Crippen molar-refractivity contribution in [3.05, 3.63) is 59.2 Å². The maximum Gasteiger partial charge on any atom is 0.0205 e. The van der Waals surface area contributed by atoms with Crippen LogP contribution in [-0.4, -0.2) is 6.54 Å². The Kier molecular flexibility index (Phi) is 3.65. The van der Waals surface area contributed by atoms with Crippen molar-refractivity contribution < 1.29 is 0 Å². The second kappa shape index (κ2) is 5.58. The van der Waals surface area contributed by atoms with E-state index < -0.39 is 0 Å². The van der Waals surface area contributed by atoms with Gasteiger partial charge in [-0.25, -0.2) is 0 Å². The fourth-order valence-corrected chi connectivity index (χ4v) is 2.88. The third-order valence-electron chi connectivity index (χ3n) is 3.94. The van der Waals surface area contributed by atoms with E-state index >= 15 is 0 Å². The fraction of sp³-hybridized carbons (Fsp3) is 0.333. The van der Waals surface area contributed by atoms with Gasteiger partial charge in [-0.15, -0.1) is 0 Å². The van der Waals surface area contributed by atoms with Gasteiger partial charge in [0.2, 0.25) is 0 Å². The second-order valence-corrected chi connectivity index (χ2v) is 5.32. The van der Waals surface area contributed by atoms with E-state index in [0.717, 1.165) is 13.1 Å². The average molecular weight is 251 g/mol. The van der Waals surface area contributed by atoms with Crippen molar-refractivity contribution in [3.63, 3.8) is 0 Å². The summed E-state index contributed by atoms with van der Waals surface area (Å²) in [4.78, 5) is 0. The summed E-state index contributed by atoms with van der Waals surface area (Å²) in [7, 11) is 0. The molecule has 1 nitrogen and oxygen atoms in total. The highest BCUT2D eigenvalue weighted by Crippen LogP contribution is 2.28. The topological polar surface area (TPSA) is 12.0 Å². The van der Waals surface area contributed by atoms with Crippen molar-refractivity contribution in [1.29, 1.82) is 0 Å². The largest absolute Gasteiger partial charge is 0.313 e. The molecule has 0 aliphatic heterocycles. The monoisotopic (exact) mass is 251 g/mol. The van der Waals surface area contributed by atoms with Gasteiger partial charge in [0.15, 0.2) is 0 Å². The lowest BCUT2D eigenvalue weighted by Crippen LogP contribution is -2.11. The van der Waals surface area contributed by atoms with Gasteiger partial charge in [-0.1, -0.05) is 43.3 Å². The molecule has 0 amide bonds. The molecule has 2 aromatic rings. The zero-order chi connectivity index (χ0) is 13.1. The lowest BCUT2D eigenvalue weighted by Gasteiger charge is -2.08. The smallest absolute Gasteiger partial charge is 0.0205 e. The van der Waals surface area contributed by atoms with Gasteiger partial charge in [0.05, 0.1) is 0 Å². The normalized spacial score (nSPS) is 13.5. The highest BCUT2D eigenvalue weighted by atomic mass is 14.8. The molecular weight excluding hydrogens is 230 g/mol. The van der Waals surface area contributed by atoms with Crippen LogP contribution in [0.15, 0.2) is 42.5 Å². The molecule has 19 heavy (non-hydrogen) atoms. The molecule has 0 spiro atoms. The van der Waals surface area contributed by atoms with Crippen LogP contribution < -0.4 is 5.32 Å². The molecule has 1 heteroatoms. The Balaban J connectivity index is 1.89. The second-order valence-electron chi connectivity index (χ2n) is 5.32. The van der Waals surface area contributed by atoms with Crippen molar-refractivity contribution in [2.45, 2.75) is 32.7 Å². The van der Waals surface area contributed by atoms with Crippen molar-refractivity contribution in [1.82, 2.24) is 5.32 Å². The van der Waals surface area contributed by atoms with Gasteiger partial charge in [-0.05, 0) is 59.7 Å². The molecule has 0 bridgehead atoms. The molecule has 0 fully saturated rings. The standard InChI is InChI=1S/C18H21N/c1-2-19-13-14-5-3-7-16(11-14)18-10-9-15-6-4-8-17(15)12-18/h3,5,7,9-12,19H,2,4,6,8,13H2,1H3. The molecule has 1 aliphatic rings. The van der Waals surface area contributed by atoms with Gasteiger partial charge in [0.1, 0.15) is 0 Å². The van der Waals surface area contributed by atoms with Gasteiger partial charge < -0.3 is 5.32 Å². The Morgan fingerprint density at radius 2 is 1.79 bits per heavy atom. The minimum Gasteiger partial charge on any atom is -0.313 e. The van der Waals surface area contributed by atoms with Crippen LogP contribution in [-0.2, 0) is 19.4 Å². The van der Waals surface area contributed by atoms with Gasteiger partial charge >= 0.3 is 0 Å². The van der Waals surface area contributed by atoms with Crippen LogP contribution in [0.25, 0.3) is 11.1 Å². The first-order valence-corrected chi connectivity index (χ1v) is 7.28. The lowest BCUT2D eigenvalue weighted by molar-refractivity contribution is 0.727. The van der Waals surface area contributed by atoms with Crippen LogP contribution in [0.2, 0.25) is 0 Å². The van der Waals surface area contributed by atoms with Crippen LogP contribution in [0.5, 0.6) is 0 Å². The Morgan fingerprint density at radius 1 is 0.947 bits per heavy atom. The van der Waals surface area contributed by atoms with E-state index in [2.05, 4.69) is 54.7 Å². The van der Waals surface area contributed by atoms with Crippen molar-refractivity contribution >= 4 is 0 Å². The summed E-state index contributed by atoms with van der Waals surface area (Å²) in [6.07, 6.45) is 3.83. The first-order valence-electron chi connectivity index (χ1n) is 7.28. The van der Waals surface area contributed by atoms with Crippen molar-refractivity contribution in [3.8, 4) is 11.1 Å². The summed E-state index contributed by atoms with van der Waals surface area (Å²) >= 11 is 0. The molecule has 98 valence electrons. The molecular formula is C18H21N. The van der Waals surface area contributed by atoms with Gasteiger partial charge in [0.25, 0.3) is 0 Å². The minimum absolute atomic E-state index is 0.954.